The number of aliphatic hydroxyl groups excluding tert-OH is 1. The number of carbonyl (C=O) groups is 1. The Morgan fingerprint density at radius 2 is 2.16 bits per heavy atom. The van der Waals surface area contributed by atoms with Gasteiger partial charge in [-0.15, -0.1) is 0 Å². The maximum atomic E-state index is 11.8. The highest BCUT2D eigenvalue weighted by Gasteiger charge is 2.08. The predicted molar refractivity (Wildman–Crippen MR) is 80.2 cm³/mol. The first-order valence-corrected chi connectivity index (χ1v) is 7.20. The number of nitrogens with one attached hydrogen (secondary N) is 1. The first kappa shape index (κ1) is 16.0. The highest BCUT2D eigenvalue weighted by molar-refractivity contribution is 9.10. The topological polar surface area (TPSA) is 52.6 Å². The zero-order valence-corrected chi connectivity index (χ0v) is 13.0. The molecule has 5 heteroatoms. The van der Waals surface area contributed by atoms with Crippen LogP contribution in [-0.4, -0.2) is 42.3 Å². The molecule has 0 saturated carbocycles. The van der Waals surface area contributed by atoms with Gasteiger partial charge >= 0.3 is 6.03 Å². The van der Waals surface area contributed by atoms with Gasteiger partial charge in [0.05, 0.1) is 6.10 Å². The highest BCUT2D eigenvalue weighted by Crippen LogP contribution is 2.15. The molecule has 0 spiro atoms. The van der Waals surface area contributed by atoms with Gasteiger partial charge in [-0.2, -0.15) is 0 Å². The van der Waals surface area contributed by atoms with Gasteiger partial charge in [-0.05, 0) is 31.4 Å². The maximum Gasteiger partial charge on any atom is 0.317 e. The van der Waals surface area contributed by atoms with Crippen LogP contribution < -0.4 is 5.32 Å². The molecule has 0 aromatic heterocycles. The summed E-state index contributed by atoms with van der Waals surface area (Å²) in [6, 6.07) is 7.87. The lowest BCUT2D eigenvalue weighted by Crippen LogP contribution is -2.39. The molecule has 0 fully saturated rings. The minimum absolute atomic E-state index is 0.104. The minimum Gasteiger partial charge on any atom is -0.393 e. The van der Waals surface area contributed by atoms with E-state index >= 15 is 0 Å². The third kappa shape index (κ3) is 6.07. The van der Waals surface area contributed by atoms with Crippen molar-refractivity contribution >= 4 is 22.0 Å². The summed E-state index contributed by atoms with van der Waals surface area (Å²) in [5.74, 6) is 0. The standard InChI is InChI=1S/C14H21BrN2O2/c1-11(18)8-10-17(2)14(19)16-9-7-12-5-3-4-6-13(12)15/h3-6,11,18H,7-10H2,1-2H3,(H,16,19). The lowest BCUT2D eigenvalue weighted by atomic mass is 10.1. The lowest BCUT2D eigenvalue weighted by molar-refractivity contribution is 0.163. The number of aliphatic hydroxyl groups is 1. The van der Waals surface area contributed by atoms with Crippen LogP contribution >= 0.6 is 15.9 Å². The summed E-state index contributed by atoms with van der Waals surface area (Å²) in [5.41, 5.74) is 1.18. The largest absolute Gasteiger partial charge is 0.393 e. The molecular formula is C14H21BrN2O2. The number of nitrogens with zero attached hydrogens (tertiary/aromatic N) is 1. The number of hydrogen-bond acceptors (Lipinski definition) is 2. The third-order valence-electron chi connectivity index (χ3n) is 2.86. The molecule has 106 valence electrons. The molecule has 0 aliphatic rings. The Morgan fingerprint density at radius 1 is 1.47 bits per heavy atom. The third-order valence-corrected chi connectivity index (χ3v) is 3.63. The number of hydrogen-bond donors (Lipinski definition) is 2. The van der Waals surface area contributed by atoms with Crippen molar-refractivity contribution in [2.75, 3.05) is 20.1 Å². The van der Waals surface area contributed by atoms with E-state index in [0.29, 0.717) is 19.5 Å². The van der Waals surface area contributed by atoms with E-state index in [0.717, 1.165) is 10.9 Å². The van der Waals surface area contributed by atoms with Gasteiger partial charge in [0.15, 0.2) is 0 Å². The molecule has 1 aromatic rings. The molecule has 1 unspecified atom stereocenters. The Kier molecular flexibility index (Phi) is 6.87. The lowest BCUT2D eigenvalue weighted by Gasteiger charge is -2.18. The molecule has 0 aliphatic heterocycles. The molecule has 2 amide bonds. The fourth-order valence-corrected chi connectivity index (χ4v) is 2.11. The van der Waals surface area contributed by atoms with Crippen molar-refractivity contribution in [2.24, 2.45) is 0 Å². The van der Waals surface area contributed by atoms with Gasteiger partial charge < -0.3 is 15.3 Å². The zero-order chi connectivity index (χ0) is 14.3. The molecule has 0 bridgehead atoms. The van der Waals surface area contributed by atoms with E-state index in [9.17, 15) is 9.90 Å². The number of amides is 2. The van der Waals surface area contributed by atoms with Crippen molar-refractivity contribution < 1.29 is 9.90 Å². The second-order valence-electron chi connectivity index (χ2n) is 4.63. The smallest absolute Gasteiger partial charge is 0.317 e. The normalized spacial score (nSPS) is 12.0. The molecule has 1 aromatic carbocycles. The summed E-state index contributed by atoms with van der Waals surface area (Å²) in [6.07, 6.45) is 1.00. The van der Waals surface area contributed by atoms with Crippen LogP contribution in [0.15, 0.2) is 28.7 Å². The molecule has 0 saturated heterocycles. The van der Waals surface area contributed by atoms with Crippen LogP contribution in [0.25, 0.3) is 0 Å². The minimum atomic E-state index is -0.379. The van der Waals surface area contributed by atoms with Gasteiger partial charge in [-0.25, -0.2) is 4.79 Å². The molecular weight excluding hydrogens is 308 g/mol. The number of benzene rings is 1. The van der Waals surface area contributed by atoms with E-state index in [1.165, 1.54) is 5.56 Å². The number of urea groups is 1. The second-order valence-corrected chi connectivity index (χ2v) is 5.49. The van der Waals surface area contributed by atoms with Crippen molar-refractivity contribution in [3.05, 3.63) is 34.3 Å². The van der Waals surface area contributed by atoms with Crippen molar-refractivity contribution in [2.45, 2.75) is 25.9 Å². The maximum absolute atomic E-state index is 11.8. The monoisotopic (exact) mass is 328 g/mol. The summed E-state index contributed by atoms with van der Waals surface area (Å²) >= 11 is 3.48. The van der Waals surface area contributed by atoms with Crippen LogP contribution in [0.3, 0.4) is 0 Å². The fourth-order valence-electron chi connectivity index (χ4n) is 1.62. The average molecular weight is 329 g/mol. The number of rotatable bonds is 6. The Balaban J connectivity index is 2.29. The molecule has 0 heterocycles. The Morgan fingerprint density at radius 3 is 2.79 bits per heavy atom. The van der Waals surface area contributed by atoms with E-state index in [2.05, 4.69) is 21.2 Å². The first-order chi connectivity index (χ1) is 9.00. The van der Waals surface area contributed by atoms with Gasteiger partial charge in [0.2, 0.25) is 0 Å². The van der Waals surface area contributed by atoms with Gasteiger partial charge in [-0.1, -0.05) is 34.1 Å². The number of halogens is 1. The van der Waals surface area contributed by atoms with E-state index in [1.54, 1.807) is 18.9 Å². The van der Waals surface area contributed by atoms with Gasteiger partial charge in [0.25, 0.3) is 0 Å². The molecule has 2 N–H and O–H groups in total. The van der Waals surface area contributed by atoms with E-state index in [-0.39, 0.29) is 12.1 Å². The number of carbonyl (C=O) groups excluding carboxylic acids is 1. The van der Waals surface area contributed by atoms with E-state index in [1.807, 2.05) is 24.3 Å². The van der Waals surface area contributed by atoms with E-state index in [4.69, 9.17) is 0 Å². The van der Waals surface area contributed by atoms with E-state index < -0.39 is 0 Å². The summed E-state index contributed by atoms with van der Waals surface area (Å²) in [6.45, 7) is 2.87. The zero-order valence-electron chi connectivity index (χ0n) is 11.4. The van der Waals surface area contributed by atoms with Crippen LogP contribution in [-0.2, 0) is 6.42 Å². The second kappa shape index (κ2) is 8.17. The Labute approximate surface area is 122 Å². The van der Waals surface area contributed by atoms with Crippen molar-refractivity contribution in [3.63, 3.8) is 0 Å². The summed E-state index contributed by atoms with van der Waals surface area (Å²) in [5, 5.41) is 12.0. The first-order valence-electron chi connectivity index (χ1n) is 6.41. The molecule has 19 heavy (non-hydrogen) atoms. The van der Waals surface area contributed by atoms with Crippen LogP contribution in [0.1, 0.15) is 18.9 Å². The molecule has 4 nitrogen and oxygen atoms in total. The Hall–Kier alpha value is -1.07. The SMILES string of the molecule is CC(O)CCN(C)C(=O)NCCc1ccccc1Br. The molecule has 1 rings (SSSR count). The fraction of sp³-hybridized carbons (Fsp3) is 0.500. The highest BCUT2D eigenvalue weighted by atomic mass is 79.9. The van der Waals surface area contributed by atoms with Gasteiger partial charge in [0.1, 0.15) is 0 Å². The van der Waals surface area contributed by atoms with Crippen LogP contribution in [0, 0.1) is 0 Å². The van der Waals surface area contributed by atoms with Crippen molar-refractivity contribution in [3.8, 4) is 0 Å². The van der Waals surface area contributed by atoms with Crippen LogP contribution in [0.5, 0.6) is 0 Å². The van der Waals surface area contributed by atoms with Crippen LogP contribution in [0.4, 0.5) is 4.79 Å². The van der Waals surface area contributed by atoms with Crippen LogP contribution in [0.2, 0.25) is 0 Å². The van der Waals surface area contributed by atoms with Crippen molar-refractivity contribution in [1.82, 2.24) is 10.2 Å². The summed E-state index contributed by atoms with van der Waals surface area (Å²) in [4.78, 5) is 13.3. The Bertz CT molecular complexity index is 410. The van der Waals surface area contributed by atoms with Gasteiger partial charge in [0, 0.05) is 24.6 Å². The predicted octanol–water partition coefficient (Wildman–Crippen LogP) is 2.40. The molecule has 1 atom stereocenters. The summed E-state index contributed by atoms with van der Waals surface area (Å²) in [7, 11) is 1.73. The molecule has 0 aliphatic carbocycles. The van der Waals surface area contributed by atoms with Crippen molar-refractivity contribution in [1.29, 1.82) is 0 Å². The summed E-state index contributed by atoms with van der Waals surface area (Å²) < 4.78 is 1.06. The quantitative estimate of drug-likeness (QED) is 0.842. The molecule has 0 radical (unpaired) electrons. The van der Waals surface area contributed by atoms with Gasteiger partial charge in [-0.3, -0.25) is 0 Å². The average Bonchev–Trinajstić information content (AvgIpc) is 2.38.